The highest BCUT2D eigenvalue weighted by atomic mass is 15.2. The molecule has 0 aliphatic carbocycles. The Morgan fingerprint density at radius 1 is 0.750 bits per heavy atom. The van der Waals surface area contributed by atoms with Crippen molar-refractivity contribution in [2.24, 2.45) is 0 Å². The number of fused-ring (bicyclic) bond motifs is 3. The molecule has 3 heterocycles. The van der Waals surface area contributed by atoms with Gasteiger partial charge >= 0.3 is 0 Å². The van der Waals surface area contributed by atoms with E-state index in [1.54, 1.807) is 0 Å². The molecule has 0 amide bonds. The van der Waals surface area contributed by atoms with E-state index in [-0.39, 0.29) is 11.1 Å². The summed E-state index contributed by atoms with van der Waals surface area (Å²) in [6.07, 6.45) is 6.70. The molecule has 2 unspecified atom stereocenters. The second-order valence-electron chi connectivity index (χ2n) is 6.17. The maximum Gasteiger partial charge on any atom is 0.278 e. The lowest BCUT2D eigenvalue weighted by Crippen LogP contribution is -2.78. The normalized spacial score (nSPS) is 27.8. The van der Waals surface area contributed by atoms with Crippen molar-refractivity contribution >= 4 is 0 Å². The van der Waals surface area contributed by atoms with E-state index >= 15 is 0 Å². The number of hydrogen-bond donors (Lipinski definition) is 0. The standard InChI is InChI=1S/C18H24N2/c1-5-17(3)18(4,6-2)20-14-10-8-12-16(20)15-11-7-9-13-19(15)17/h7-14H,5-6H2,1-4H3/q+2. The van der Waals surface area contributed by atoms with E-state index in [1.807, 2.05) is 0 Å². The summed E-state index contributed by atoms with van der Waals surface area (Å²) >= 11 is 0. The molecule has 1 aliphatic heterocycles. The van der Waals surface area contributed by atoms with Crippen molar-refractivity contribution in [2.45, 2.75) is 51.6 Å². The van der Waals surface area contributed by atoms with Gasteiger partial charge < -0.3 is 0 Å². The fourth-order valence-electron chi connectivity index (χ4n) is 3.79. The molecular formula is C18H24N2+2. The van der Waals surface area contributed by atoms with Crippen molar-refractivity contribution in [1.82, 2.24) is 0 Å². The predicted molar refractivity (Wildman–Crippen MR) is 80.1 cm³/mol. The zero-order valence-corrected chi connectivity index (χ0v) is 12.9. The molecule has 2 heteroatoms. The van der Waals surface area contributed by atoms with Gasteiger partial charge in [-0.15, -0.1) is 0 Å². The molecule has 2 aromatic rings. The molecule has 0 aromatic carbocycles. The van der Waals surface area contributed by atoms with E-state index in [9.17, 15) is 0 Å². The number of pyridine rings is 2. The summed E-state index contributed by atoms with van der Waals surface area (Å²) < 4.78 is 4.96. The Morgan fingerprint density at radius 2 is 1.15 bits per heavy atom. The van der Waals surface area contributed by atoms with Gasteiger partial charge in [0.15, 0.2) is 12.4 Å². The van der Waals surface area contributed by atoms with Crippen LogP contribution < -0.4 is 9.13 Å². The minimum Gasteiger partial charge on any atom is -0.181 e. The summed E-state index contributed by atoms with van der Waals surface area (Å²) in [6.45, 7) is 9.38. The highest BCUT2D eigenvalue weighted by Crippen LogP contribution is 2.38. The van der Waals surface area contributed by atoms with Gasteiger partial charge in [0, 0.05) is 51.0 Å². The molecule has 0 saturated carbocycles. The topological polar surface area (TPSA) is 7.76 Å². The Morgan fingerprint density at radius 3 is 1.50 bits per heavy atom. The van der Waals surface area contributed by atoms with Crippen LogP contribution in [0.3, 0.4) is 0 Å². The first-order valence-corrected chi connectivity index (χ1v) is 7.61. The van der Waals surface area contributed by atoms with E-state index in [0.717, 1.165) is 12.8 Å². The smallest absolute Gasteiger partial charge is 0.181 e. The van der Waals surface area contributed by atoms with Crippen LogP contribution in [0.1, 0.15) is 40.5 Å². The summed E-state index contributed by atoms with van der Waals surface area (Å²) in [4.78, 5) is 0. The van der Waals surface area contributed by atoms with E-state index < -0.39 is 0 Å². The molecule has 0 bridgehead atoms. The zero-order valence-electron chi connectivity index (χ0n) is 12.9. The third-order valence-electron chi connectivity index (χ3n) is 5.58. The van der Waals surface area contributed by atoms with Gasteiger partial charge in [0.1, 0.15) is 0 Å². The monoisotopic (exact) mass is 268 g/mol. The Bertz CT molecular complexity index is 592. The van der Waals surface area contributed by atoms with Gasteiger partial charge in [-0.25, -0.2) is 0 Å². The predicted octanol–water partition coefficient (Wildman–Crippen LogP) is 3.19. The van der Waals surface area contributed by atoms with Gasteiger partial charge in [0.2, 0.25) is 11.1 Å². The first-order chi connectivity index (χ1) is 9.58. The van der Waals surface area contributed by atoms with Crippen LogP contribution in [0.25, 0.3) is 11.4 Å². The van der Waals surface area contributed by atoms with Crippen LogP contribution in [0.5, 0.6) is 0 Å². The van der Waals surface area contributed by atoms with Crippen LogP contribution in [0.4, 0.5) is 0 Å². The molecule has 2 aromatic heterocycles. The number of rotatable bonds is 2. The van der Waals surface area contributed by atoms with Crippen LogP contribution in [0.15, 0.2) is 48.8 Å². The van der Waals surface area contributed by atoms with Crippen molar-refractivity contribution < 1.29 is 9.13 Å². The summed E-state index contributed by atoms with van der Waals surface area (Å²) in [5, 5.41) is 0. The highest BCUT2D eigenvalue weighted by Gasteiger charge is 2.62. The fourth-order valence-corrected chi connectivity index (χ4v) is 3.79. The molecule has 0 saturated heterocycles. The van der Waals surface area contributed by atoms with Crippen molar-refractivity contribution in [2.75, 3.05) is 0 Å². The van der Waals surface area contributed by atoms with E-state index in [1.165, 1.54) is 11.4 Å². The molecule has 2 atom stereocenters. The lowest BCUT2D eigenvalue weighted by molar-refractivity contribution is -0.888. The van der Waals surface area contributed by atoms with Crippen LogP contribution in [-0.4, -0.2) is 0 Å². The first kappa shape index (κ1) is 13.3. The fraction of sp³-hybridized carbons (Fsp3) is 0.444. The first-order valence-electron chi connectivity index (χ1n) is 7.61. The summed E-state index contributed by atoms with van der Waals surface area (Å²) in [7, 11) is 0. The summed E-state index contributed by atoms with van der Waals surface area (Å²) in [5.74, 6) is 0. The average Bonchev–Trinajstić information content (AvgIpc) is 2.52. The van der Waals surface area contributed by atoms with E-state index in [4.69, 9.17) is 0 Å². The van der Waals surface area contributed by atoms with Crippen LogP contribution in [0.2, 0.25) is 0 Å². The average molecular weight is 268 g/mol. The molecule has 0 radical (unpaired) electrons. The van der Waals surface area contributed by atoms with E-state index in [0.29, 0.717) is 0 Å². The molecule has 20 heavy (non-hydrogen) atoms. The third-order valence-corrected chi connectivity index (χ3v) is 5.58. The van der Waals surface area contributed by atoms with Gasteiger partial charge in [0.05, 0.1) is 0 Å². The molecule has 0 fully saturated rings. The molecule has 3 rings (SSSR count). The van der Waals surface area contributed by atoms with Gasteiger partial charge in [-0.05, 0) is 12.1 Å². The minimum atomic E-state index is 0.0807. The minimum absolute atomic E-state index is 0.0807. The van der Waals surface area contributed by atoms with Crippen LogP contribution >= 0.6 is 0 Å². The quantitative estimate of drug-likeness (QED) is 0.739. The summed E-state index contributed by atoms with van der Waals surface area (Å²) in [5.41, 5.74) is 2.78. The van der Waals surface area contributed by atoms with Gasteiger partial charge in [0.25, 0.3) is 11.4 Å². The molecule has 0 spiro atoms. The second kappa shape index (κ2) is 4.41. The van der Waals surface area contributed by atoms with Gasteiger partial charge in [-0.2, -0.15) is 9.13 Å². The molecule has 0 N–H and O–H groups in total. The second-order valence-corrected chi connectivity index (χ2v) is 6.17. The lowest BCUT2D eigenvalue weighted by Gasteiger charge is -2.40. The molecule has 1 aliphatic rings. The Balaban J connectivity index is 2.42. The van der Waals surface area contributed by atoms with Crippen LogP contribution in [-0.2, 0) is 11.1 Å². The largest absolute Gasteiger partial charge is 0.278 e. The highest BCUT2D eigenvalue weighted by molar-refractivity contribution is 5.47. The lowest BCUT2D eigenvalue weighted by atomic mass is 9.72. The van der Waals surface area contributed by atoms with Gasteiger partial charge in [-0.3, -0.25) is 0 Å². The van der Waals surface area contributed by atoms with Crippen molar-refractivity contribution in [1.29, 1.82) is 0 Å². The SMILES string of the molecule is CCC1(C)[n+]2ccccc2-c2cccc[n+]2C1(C)CC. The van der Waals surface area contributed by atoms with Gasteiger partial charge in [-0.1, -0.05) is 13.8 Å². The maximum absolute atomic E-state index is 2.48. The number of aromatic nitrogens is 2. The Labute approximate surface area is 121 Å². The Hall–Kier alpha value is -1.70. The summed E-state index contributed by atoms with van der Waals surface area (Å²) in [6, 6.07) is 13.0. The van der Waals surface area contributed by atoms with Crippen LogP contribution in [0, 0.1) is 0 Å². The Kier molecular flexibility index (Phi) is 2.93. The molecule has 104 valence electrons. The zero-order chi connectivity index (χ0) is 14.4. The maximum atomic E-state index is 2.48. The van der Waals surface area contributed by atoms with Crippen molar-refractivity contribution in [3.8, 4) is 11.4 Å². The van der Waals surface area contributed by atoms with E-state index in [2.05, 4.69) is 85.6 Å². The number of nitrogens with zero attached hydrogens (tertiary/aromatic N) is 2. The van der Waals surface area contributed by atoms with Crippen molar-refractivity contribution in [3.05, 3.63) is 48.8 Å². The molecular weight excluding hydrogens is 244 g/mol. The third kappa shape index (κ3) is 1.45. The number of hydrogen-bond acceptors (Lipinski definition) is 0. The van der Waals surface area contributed by atoms with Crippen molar-refractivity contribution in [3.63, 3.8) is 0 Å². The molecule has 2 nitrogen and oxygen atoms in total.